The van der Waals surface area contributed by atoms with Crippen molar-refractivity contribution in [2.24, 2.45) is 0 Å². The summed E-state index contributed by atoms with van der Waals surface area (Å²) in [4.78, 5) is 31.6. The van der Waals surface area contributed by atoms with Crippen molar-refractivity contribution in [2.45, 2.75) is 76.8 Å². The van der Waals surface area contributed by atoms with Crippen LogP contribution in [0, 0.1) is 12.7 Å². The van der Waals surface area contributed by atoms with Gasteiger partial charge in [-0.2, -0.15) is 0 Å². The molecule has 0 radical (unpaired) electrons. The molecule has 2 aromatic carbocycles. The molecular weight excluding hydrogens is 461 g/mol. The lowest BCUT2D eigenvalue weighted by molar-refractivity contribution is -0.138. The number of carbonyl (C=O) groups is 2. The van der Waals surface area contributed by atoms with E-state index in [0.29, 0.717) is 17.0 Å². The number of amides is 1. The van der Waals surface area contributed by atoms with E-state index in [1.165, 1.54) is 13.2 Å². The van der Waals surface area contributed by atoms with Crippen molar-refractivity contribution in [3.8, 4) is 0 Å². The molecule has 0 bridgehead atoms. The van der Waals surface area contributed by atoms with E-state index in [1.54, 1.807) is 24.0 Å². The number of nitrogens with zero attached hydrogens (tertiary/aromatic N) is 3. The highest BCUT2D eigenvalue weighted by Crippen LogP contribution is 2.40. The molecule has 8 heteroatoms. The summed E-state index contributed by atoms with van der Waals surface area (Å²) in [6.07, 6.45) is 5.58. The summed E-state index contributed by atoms with van der Waals surface area (Å²) >= 11 is 0. The van der Waals surface area contributed by atoms with Crippen molar-refractivity contribution in [3.05, 3.63) is 58.7 Å². The molecule has 1 saturated carbocycles. The van der Waals surface area contributed by atoms with Crippen LogP contribution in [0.15, 0.2) is 30.3 Å². The molecule has 5 rings (SSSR count). The number of benzene rings is 2. The van der Waals surface area contributed by atoms with Gasteiger partial charge in [-0.25, -0.2) is 14.2 Å². The first-order valence-electron chi connectivity index (χ1n) is 12.7. The smallest absolute Gasteiger partial charge is 0.414 e. The number of anilines is 1. The van der Waals surface area contributed by atoms with Gasteiger partial charge in [0.25, 0.3) is 0 Å². The van der Waals surface area contributed by atoms with Crippen LogP contribution in [0.3, 0.4) is 0 Å². The predicted molar refractivity (Wildman–Crippen MR) is 135 cm³/mol. The van der Waals surface area contributed by atoms with Crippen LogP contribution in [-0.2, 0) is 22.4 Å². The fraction of sp³-hybridized carbons (Fsp3) is 0.464. The molecule has 1 N–H and O–H groups in total. The van der Waals surface area contributed by atoms with Crippen LogP contribution in [0.4, 0.5) is 14.9 Å². The lowest BCUT2D eigenvalue weighted by Crippen LogP contribution is -2.42. The predicted octanol–water partition coefficient (Wildman–Crippen LogP) is 5.92. The summed E-state index contributed by atoms with van der Waals surface area (Å²) < 4.78 is 21.6. The summed E-state index contributed by atoms with van der Waals surface area (Å²) in [5, 5.41) is 10.1. The van der Waals surface area contributed by atoms with Gasteiger partial charge >= 0.3 is 12.1 Å². The molecule has 2 aliphatic rings. The molecule has 1 aromatic heterocycles. The first-order chi connectivity index (χ1) is 17.3. The van der Waals surface area contributed by atoms with Gasteiger partial charge in [0, 0.05) is 24.1 Å². The molecule has 2 unspecified atom stereocenters. The normalized spacial score (nSPS) is 18.9. The van der Waals surface area contributed by atoms with Crippen molar-refractivity contribution in [3.63, 3.8) is 0 Å². The average molecular weight is 494 g/mol. The number of fused-ring (bicyclic) bond motifs is 3. The molecule has 36 heavy (non-hydrogen) atoms. The van der Waals surface area contributed by atoms with E-state index in [-0.39, 0.29) is 18.5 Å². The maximum Gasteiger partial charge on any atom is 0.414 e. The Morgan fingerprint density at radius 2 is 1.94 bits per heavy atom. The number of imidazole rings is 1. The Morgan fingerprint density at radius 1 is 1.19 bits per heavy atom. The van der Waals surface area contributed by atoms with Crippen molar-refractivity contribution in [1.29, 1.82) is 0 Å². The third-order valence-corrected chi connectivity index (χ3v) is 7.87. The number of hydrogen-bond acceptors (Lipinski definition) is 4. The minimum atomic E-state index is -1.00. The van der Waals surface area contributed by atoms with E-state index < -0.39 is 23.8 Å². The fourth-order valence-electron chi connectivity index (χ4n) is 5.89. The molecule has 2 atom stereocenters. The monoisotopic (exact) mass is 493 g/mol. The van der Waals surface area contributed by atoms with Gasteiger partial charge in [-0.1, -0.05) is 25.0 Å². The number of aromatic nitrogens is 2. The lowest BCUT2D eigenvalue weighted by Gasteiger charge is -2.34. The molecule has 3 aromatic rings. The zero-order valence-electron chi connectivity index (χ0n) is 21.0. The number of methoxy groups -OCH3 is 1. The van der Waals surface area contributed by atoms with E-state index in [9.17, 15) is 19.1 Å². The van der Waals surface area contributed by atoms with Crippen LogP contribution in [0.5, 0.6) is 0 Å². The second-order valence-electron chi connectivity index (χ2n) is 10.1. The standard InChI is InChI=1S/C28H32FN3O4/c1-16-8-10-18(14-22(16)29)21(27(33)34)15-25-30-26-20-11-9-17(2)31(28(35)36-3)23(20)12-13-24(26)32(25)19-6-4-5-7-19/h8,10,12-14,17,19,21H,4-7,9,11,15H2,1-3H3,(H,33,34). The average Bonchev–Trinajstić information content (AvgIpc) is 3.51. The van der Waals surface area contributed by atoms with Gasteiger partial charge in [-0.05, 0) is 68.9 Å². The molecule has 1 aliphatic heterocycles. The molecular formula is C28H32FN3O4. The van der Waals surface area contributed by atoms with E-state index in [4.69, 9.17) is 9.72 Å². The Labute approximate surface area is 209 Å². The first-order valence-corrected chi connectivity index (χ1v) is 12.7. The Balaban J connectivity index is 1.64. The van der Waals surface area contributed by atoms with Gasteiger partial charge in [-0.15, -0.1) is 0 Å². The number of halogens is 1. The number of carbonyl (C=O) groups excluding carboxylic acids is 1. The van der Waals surface area contributed by atoms with Crippen LogP contribution < -0.4 is 4.90 Å². The first kappa shape index (κ1) is 24.3. The maximum absolute atomic E-state index is 14.3. The number of ether oxygens (including phenoxy) is 1. The van der Waals surface area contributed by atoms with Crippen molar-refractivity contribution < 1.29 is 23.8 Å². The van der Waals surface area contributed by atoms with Gasteiger partial charge in [0.05, 0.1) is 29.7 Å². The fourth-order valence-corrected chi connectivity index (χ4v) is 5.89. The number of aliphatic carboxylic acids is 1. The van der Waals surface area contributed by atoms with Gasteiger partial charge < -0.3 is 14.4 Å². The molecule has 1 aliphatic carbocycles. The van der Waals surface area contributed by atoms with Crippen LogP contribution in [0.1, 0.15) is 73.5 Å². The third-order valence-electron chi connectivity index (χ3n) is 7.87. The van der Waals surface area contributed by atoms with Gasteiger partial charge in [0.1, 0.15) is 11.6 Å². The van der Waals surface area contributed by atoms with Crippen molar-refractivity contribution >= 4 is 28.8 Å². The second-order valence-corrected chi connectivity index (χ2v) is 10.1. The van der Waals surface area contributed by atoms with E-state index in [2.05, 4.69) is 4.57 Å². The highest BCUT2D eigenvalue weighted by atomic mass is 19.1. The number of aryl methyl sites for hydroxylation is 2. The van der Waals surface area contributed by atoms with Gasteiger partial charge in [0.15, 0.2) is 0 Å². The summed E-state index contributed by atoms with van der Waals surface area (Å²) in [5.74, 6) is -1.63. The van der Waals surface area contributed by atoms with E-state index in [0.717, 1.165) is 60.8 Å². The van der Waals surface area contributed by atoms with Gasteiger partial charge in [0.2, 0.25) is 0 Å². The van der Waals surface area contributed by atoms with Gasteiger partial charge in [-0.3, -0.25) is 9.69 Å². The molecule has 7 nitrogen and oxygen atoms in total. The Morgan fingerprint density at radius 3 is 2.61 bits per heavy atom. The van der Waals surface area contributed by atoms with Crippen LogP contribution >= 0.6 is 0 Å². The van der Waals surface area contributed by atoms with Crippen molar-refractivity contribution in [2.75, 3.05) is 12.0 Å². The highest BCUT2D eigenvalue weighted by molar-refractivity contribution is 5.95. The molecule has 190 valence electrons. The zero-order valence-corrected chi connectivity index (χ0v) is 21.0. The Kier molecular flexibility index (Phi) is 6.45. The molecule has 0 saturated heterocycles. The quantitative estimate of drug-likeness (QED) is 0.477. The minimum absolute atomic E-state index is 0.00612. The van der Waals surface area contributed by atoms with Crippen LogP contribution in [0.25, 0.3) is 11.0 Å². The molecule has 1 amide bonds. The summed E-state index contributed by atoms with van der Waals surface area (Å²) in [6, 6.07) is 8.85. The zero-order chi connectivity index (χ0) is 25.6. The maximum atomic E-state index is 14.3. The highest BCUT2D eigenvalue weighted by Gasteiger charge is 2.33. The van der Waals surface area contributed by atoms with Crippen LogP contribution in [0.2, 0.25) is 0 Å². The lowest BCUT2D eigenvalue weighted by atomic mass is 9.94. The SMILES string of the molecule is COC(=O)N1c2ccc3c(nc(CC(C(=O)O)c4ccc(C)c(F)c4)n3C3CCCC3)c2CCC1C. The number of rotatable bonds is 5. The summed E-state index contributed by atoms with van der Waals surface area (Å²) in [6.45, 7) is 3.67. The second kappa shape index (κ2) is 9.56. The molecule has 1 fully saturated rings. The Bertz CT molecular complexity index is 1330. The number of carboxylic acid groups (broad SMARTS) is 1. The van der Waals surface area contributed by atoms with E-state index >= 15 is 0 Å². The van der Waals surface area contributed by atoms with Crippen LogP contribution in [-0.4, -0.2) is 39.9 Å². The largest absolute Gasteiger partial charge is 0.481 e. The third kappa shape index (κ3) is 4.12. The summed E-state index contributed by atoms with van der Waals surface area (Å²) in [5.41, 5.74) is 4.48. The van der Waals surface area contributed by atoms with E-state index in [1.807, 2.05) is 19.1 Å². The summed E-state index contributed by atoms with van der Waals surface area (Å²) in [7, 11) is 1.38. The number of carboxylic acids is 1. The topological polar surface area (TPSA) is 84.7 Å². The molecule has 0 spiro atoms. The minimum Gasteiger partial charge on any atom is -0.481 e. The Hall–Kier alpha value is -3.42. The number of hydrogen-bond donors (Lipinski definition) is 1. The van der Waals surface area contributed by atoms with Crippen molar-refractivity contribution in [1.82, 2.24) is 9.55 Å². The molecule has 2 heterocycles.